The van der Waals surface area contributed by atoms with Crippen LogP contribution in [0.15, 0.2) is 73.1 Å². The monoisotopic (exact) mass is 493 g/mol. The van der Waals surface area contributed by atoms with Crippen LogP contribution in [-0.4, -0.2) is 45.1 Å². The van der Waals surface area contributed by atoms with E-state index in [1.54, 1.807) is 47.4 Å². The standard InChI is InChI=1S/C25H20FN5O3.ClH/c1-34-20-4-2-3-18(15-20)23(32)25(33)31-14-13-30-24(29-31)21(16-9-11-27-12-10-16)22(28-30)17-5-7-19(26)8-6-17;/h2-12,15,29H,13-14H2,1H3;1H. The SMILES string of the molecule is COc1cccc(C(=O)C(=O)N2CCn3nc(-c4ccc(F)cc4)c(-c4ccncc4)c3N2)c1.Cl. The Kier molecular flexibility index (Phi) is 6.79. The van der Waals surface area contributed by atoms with Crippen LogP contribution >= 0.6 is 12.4 Å². The number of nitrogens with zero attached hydrogens (tertiary/aromatic N) is 4. The smallest absolute Gasteiger partial charge is 0.313 e. The third-order valence-corrected chi connectivity index (χ3v) is 5.59. The fourth-order valence-corrected chi connectivity index (χ4v) is 3.88. The Morgan fingerprint density at radius 3 is 2.46 bits per heavy atom. The highest BCUT2D eigenvalue weighted by Gasteiger charge is 2.31. The van der Waals surface area contributed by atoms with Gasteiger partial charge in [-0.25, -0.2) is 14.1 Å². The first-order valence-electron chi connectivity index (χ1n) is 10.6. The van der Waals surface area contributed by atoms with Crippen molar-refractivity contribution >= 4 is 29.9 Å². The number of nitrogens with one attached hydrogen (secondary N) is 1. The molecule has 0 unspecified atom stereocenters. The highest BCUT2D eigenvalue weighted by Crippen LogP contribution is 2.39. The van der Waals surface area contributed by atoms with Crippen molar-refractivity contribution in [1.29, 1.82) is 0 Å². The first-order chi connectivity index (χ1) is 16.5. The Morgan fingerprint density at radius 2 is 1.74 bits per heavy atom. The quantitative estimate of drug-likeness (QED) is 0.330. The Bertz CT molecular complexity index is 1380. The van der Waals surface area contributed by atoms with Crippen molar-refractivity contribution in [3.05, 3.63) is 84.4 Å². The van der Waals surface area contributed by atoms with Crippen LogP contribution < -0.4 is 10.2 Å². The molecule has 0 bridgehead atoms. The first kappa shape index (κ1) is 23.9. The van der Waals surface area contributed by atoms with Crippen LogP contribution in [0.5, 0.6) is 5.75 Å². The van der Waals surface area contributed by atoms with E-state index in [9.17, 15) is 14.0 Å². The first-order valence-corrected chi connectivity index (χ1v) is 10.6. The minimum absolute atomic E-state index is 0. The summed E-state index contributed by atoms with van der Waals surface area (Å²) in [5.74, 6) is -0.631. The number of anilines is 1. The summed E-state index contributed by atoms with van der Waals surface area (Å²) in [6.45, 7) is 0.612. The molecule has 0 atom stereocenters. The van der Waals surface area contributed by atoms with Crippen LogP contribution in [0.25, 0.3) is 22.4 Å². The lowest BCUT2D eigenvalue weighted by Gasteiger charge is -2.29. The van der Waals surface area contributed by atoms with Gasteiger partial charge in [0.1, 0.15) is 17.3 Å². The Hall–Kier alpha value is -4.24. The van der Waals surface area contributed by atoms with Crippen molar-refractivity contribution < 1.29 is 18.7 Å². The molecule has 0 aliphatic carbocycles. The molecule has 1 amide bonds. The number of methoxy groups -OCH3 is 1. The molecular weight excluding hydrogens is 473 g/mol. The van der Waals surface area contributed by atoms with Crippen molar-refractivity contribution in [2.45, 2.75) is 6.54 Å². The predicted octanol–water partition coefficient (Wildman–Crippen LogP) is 4.23. The maximum atomic E-state index is 13.5. The van der Waals surface area contributed by atoms with Crippen LogP contribution in [0.1, 0.15) is 10.4 Å². The van der Waals surface area contributed by atoms with E-state index in [0.717, 1.165) is 16.7 Å². The van der Waals surface area contributed by atoms with Gasteiger partial charge in [-0.15, -0.1) is 12.4 Å². The fourth-order valence-electron chi connectivity index (χ4n) is 3.88. The number of hydrogen-bond donors (Lipinski definition) is 1. The van der Waals surface area contributed by atoms with Crippen LogP contribution in [0, 0.1) is 5.82 Å². The third-order valence-electron chi connectivity index (χ3n) is 5.59. The highest BCUT2D eigenvalue weighted by atomic mass is 35.5. The molecule has 4 aromatic rings. The van der Waals surface area contributed by atoms with Crippen molar-refractivity contribution in [2.75, 3.05) is 19.1 Å². The summed E-state index contributed by atoms with van der Waals surface area (Å²) in [4.78, 5) is 30.0. The van der Waals surface area contributed by atoms with Gasteiger partial charge in [0.2, 0.25) is 0 Å². The largest absolute Gasteiger partial charge is 0.497 e. The van der Waals surface area contributed by atoms with Crippen molar-refractivity contribution in [1.82, 2.24) is 19.8 Å². The number of pyridine rings is 1. The lowest BCUT2D eigenvalue weighted by molar-refractivity contribution is -0.125. The van der Waals surface area contributed by atoms with Gasteiger partial charge < -0.3 is 4.74 Å². The number of ketones is 1. The van der Waals surface area contributed by atoms with E-state index in [4.69, 9.17) is 9.84 Å². The molecule has 1 aliphatic heterocycles. The number of aromatic nitrogens is 3. The average Bonchev–Trinajstić information content (AvgIpc) is 3.27. The van der Waals surface area contributed by atoms with E-state index >= 15 is 0 Å². The minimum atomic E-state index is -0.690. The molecule has 8 nitrogen and oxygen atoms in total. The zero-order valence-corrected chi connectivity index (χ0v) is 19.5. The maximum absolute atomic E-state index is 13.5. The summed E-state index contributed by atoms with van der Waals surface area (Å²) in [5.41, 5.74) is 6.21. The zero-order chi connectivity index (χ0) is 23.7. The van der Waals surface area contributed by atoms with Gasteiger partial charge in [-0.3, -0.25) is 20.0 Å². The Labute approximate surface area is 206 Å². The number of hydrogen-bond acceptors (Lipinski definition) is 6. The predicted molar refractivity (Wildman–Crippen MR) is 131 cm³/mol. The number of fused-ring (bicyclic) bond motifs is 1. The van der Waals surface area contributed by atoms with Crippen molar-refractivity contribution in [3.63, 3.8) is 0 Å². The van der Waals surface area contributed by atoms with E-state index < -0.39 is 11.7 Å². The highest BCUT2D eigenvalue weighted by molar-refractivity contribution is 6.43. The number of halogens is 2. The third kappa shape index (κ3) is 4.58. The van der Waals surface area contributed by atoms with Crippen molar-refractivity contribution in [3.8, 4) is 28.1 Å². The molecule has 0 spiro atoms. The summed E-state index contributed by atoms with van der Waals surface area (Å²) < 4.78 is 20.4. The van der Waals surface area contributed by atoms with Crippen LogP contribution in [0.2, 0.25) is 0 Å². The van der Waals surface area contributed by atoms with Gasteiger partial charge in [0.25, 0.3) is 5.78 Å². The topological polar surface area (TPSA) is 89.4 Å². The van der Waals surface area contributed by atoms with E-state index in [0.29, 0.717) is 23.8 Å². The number of amides is 1. The van der Waals surface area contributed by atoms with Gasteiger partial charge in [-0.1, -0.05) is 12.1 Å². The molecule has 2 aromatic heterocycles. The average molecular weight is 494 g/mol. The Morgan fingerprint density at radius 1 is 1.00 bits per heavy atom. The van der Waals surface area contributed by atoms with Gasteiger partial charge in [0.05, 0.1) is 25.8 Å². The molecule has 2 aromatic carbocycles. The van der Waals surface area contributed by atoms with Gasteiger partial charge in [-0.05, 0) is 54.1 Å². The molecule has 0 saturated carbocycles. The Balaban J connectivity index is 0.00000289. The number of carbonyl (C=O) groups is 2. The lowest BCUT2D eigenvalue weighted by Crippen LogP contribution is -2.46. The molecule has 3 heterocycles. The molecule has 0 saturated heterocycles. The molecule has 1 N–H and O–H groups in total. The molecule has 0 fully saturated rings. The molecule has 5 rings (SSSR count). The molecule has 0 radical (unpaired) electrons. The van der Waals surface area contributed by atoms with Crippen molar-refractivity contribution in [2.24, 2.45) is 0 Å². The molecule has 35 heavy (non-hydrogen) atoms. The number of benzene rings is 2. The van der Waals surface area contributed by atoms with E-state index in [1.165, 1.54) is 30.3 Å². The molecular formula is C25H21ClFN5O3. The number of rotatable bonds is 5. The van der Waals surface area contributed by atoms with E-state index in [-0.39, 0.29) is 30.3 Å². The number of Topliss-reactive ketones (excluding diaryl/α,β-unsaturated/α-hetero) is 1. The minimum Gasteiger partial charge on any atom is -0.497 e. The van der Waals surface area contributed by atoms with Gasteiger partial charge in [-0.2, -0.15) is 5.10 Å². The molecule has 178 valence electrons. The van der Waals surface area contributed by atoms with Crippen LogP contribution in [-0.2, 0) is 11.3 Å². The van der Waals surface area contributed by atoms with E-state index in [1.807, 2.05) is 12.1 Å². The zero-order valence-electron chi connectivity index (χ0n) is 18.6. The summed E-state index contributed by atoms with van der Waals surface area (Å²) in [6, 6.07) is 16.2. The number of ether oxygens (including phenoxy) is 1. The second kappa shape index (κ2) is 9.94. The second-order valence-electron chi connectivity index (χ2n) is 7.67. The fraction of sp³-hybridized carbons (Fsp3) is 0.120. The van der Waals surface area contributed by atoms with Crippen LogP contribution in [0.4, 0.5) is 10.2 Å². The van der Waals surface area contributed by atoms with Gasteiger partial charge in [0.15, 0.2) is 5.82 Å². The van der Waals surface area contributed by atoms with Gasteiger partial charge >= 0.3 is 5.91 Å². The number of hydrazine groups is 1. The lowest BCUT2D eigenvalue weighted by atomic mass is 10.0. The normalized spacial score (nSPS) is 12.2. The number of carbonyl (C=O) groups excluding carboxylic acids is 2. The van der Waals surface area contributed by atoms with Crippen LogP contribution in [0.3, 0.4) is 0 Å². The maximum Gasteiger partial charge on any atom is 0.313 e. The second-order valence-corrected chi connectivity index (χ2v) is 7.67. The summed E-state index contributed by atoms with van der Waals surface area (Å²) >= 11 is 0. The summed E-state index contributed by atoms with van der Waals surface area (Å²) in [5, 5.41) is 6.01. The van der Waals surface area contributed by atoms with Gasteiger partial charge in [0, 0.05) is 23.5 Å². The summed E-state index contributed by atoms with van der Waals surface area (Å²) in [7, 11) is 1.50. The molecule has 1 aliphatic rings. The molecule has 10 heteroatoms. The summed E-state index contributed by atoms with van der Waals surface area (Å²) in [6.07, 6.45) is 3.32. The van der Waals surface area contributed by atoms with E-state index in [2.05, 4.69) is 10.4 Å².